The highest BCUT2D eigenvalue weighted by Crippen LogP contribution is 2.27. The van der Waals surface area contributed by atoms with Crippen LogP contribution in [-0.4, -0.2) is 60.1 Å². The van der Waals surface area contributed by atoms with E-state index in [0.29, 0.717) is 30.2 Å². The Morgan fingerprint density at radius 2 is 1.74 bits per heavy atom. The number of amides is 2. The molecule has 0 radical (unpaired) electrons. The summed E-state index contributed by atoms with van der Waals surface area (Å²) in [5.41, 5.74) is 2.48. The number of nitrogens with one attached hydrogen (secondary N) is 1. The summed E-state index contributed by atoms with van der Waals surface area (Å²) in [5, 5.41) is 2.97. The van der Waals surface area contributed by atoms with Crippen LogP contribution in [0, 0.1) is 0 Å². The molecule has 8 nitrogen and oxygen atoms in total. The molecule has 3 aromatic rings. The summed E-state index contributed by atoms with van der Waals surface area (Å²) in [6.07, 6.45) is 5.73. The van der Waals surface area contributed by atoms with E-state index in [2.05, 4.69) is 9.88 Å². The SMILES string of the molecule is COc1ccc(C(=O)NCCCCCc2nc3ccccc3n2CC(=O)N2CCCC2)cc1OC. The van der Waals surface area contributed by atoms with Crippen molar-refractivity contribution in [1.82, 2.24) is 19.8 Å². The summed E-state index contributed by atoms with van der Waals surface area (Å²) in [7, 11) is 3.12. The maximum absolute atomic E-state index is 12.8. The van der Waals surface area contributed by atoms with Crippen LogP contribution in [0.4, 0.5) is 0 Å². The van der Waals surface area contributed by atoms with Gasteiger partial charge in [0.15, 0.2) is 11.5 Å². The van der Waals surface area contributed by atoms with E-state index in [0.717, 1.165) is 68.5 Å². The number of carbonyl (C=O) groups excluding carboxylic acids is 2. The van der Waals surface area contributed by atoms with Gasteiger partial charge in [-0.25, -0.2) is 4.98 Å². The number of nitrogens with zero attached hydrogens (tertiary/aromatic N) is 3. The topological polar surface area (TPSA) is 85.7 Å². The molecule has 1 aliphatic heterocycles. The zero-order valence-electron chi connectivity index (χ0n) is 20.6. The summed E-state index contributed by atoms with van der Waals surface area (Å²) in [5.74, 6) is 2.12. The largest absolute Gasteiger partial charge is 0.493 e. The minimum atomic E-state index is -0.131. The number of carbonyl (C=O) groups is 2. The van der Waals surface area contributed by atoms with E-state index in [1.54, 1.807) is 32.4 Å². The van der Waals surface area contributed by atoms with Gasteiger partial charge in [-0.1, -0.05) is 18.6 Å². The number of hydrogen-bond acceptors (Lipinski definition) is 5. The van der Waals surface area contributed by atoms with Crippen LogP contribution in [0.15, 0.2) is 42.5 Å². The first-order valence-corrected chi connectivity index (χ1v) is 12.3. The summed E-state index contributed by atoms with van der Waals surface area (Å²) in [6.45, 7) is 2.65. The van der Waals surface area contributed by atoms with Gasteiger partial charge in [0.2, 0.25) is 5.91 Å². The molecule has 0 bridgehead atoms. The third-order valence-corrected chi connectivity index (χ3v) is 6.49. The van der Waals surface area contributed by atoms with E-state index < -0.39 is 0 Å². The number of methoxy groups -OCH3 is 2. The average molecular weight is 479 g/mol. The summed E-state index contributed by atoms with van der Waals surface area (Å²) in [6, 6.07) is 13.1. The molecule has 1 N–H and O–H groups in total. The number of ether oxygens (including phenoxy) is 2. The number of aromatic nitrogens is 2. The van der Waals surface area contributed by atoms with Crippen LogP contribution in [0.3, 0.4) is 0 Å². The summed E-state index contributed by atoms with van der Waals surface area (Å²) >= 11 is 0. The van der Waals surface area contributed by atoms with Gasteiger partial charge in [-0.15, -0.1) is 0 Å². The second-order valence-electron chi connectivity index (χ2n) is 8.83. The fraction of sp³-hybridized carbons (Fsp3) is 0.444. The minimum Gasteiger partial charge on any atom is -0.493 e. The summed E-state index contributed by atoms with van der Waals surface area (Å²) < 4.78 is 12.6. The Morgan fingerprint density at radius 1 is 0.971 bits per heavy atom. The van der Waals surface area contributed by atoms with Crippen LogP contribution in [0.1, 0.15) is 48.3 Å². The zero-order valence-corrected chi connectivity index (χ0v) is 20.6. The molecule has 4 rings (SSSR count). The first-order valence-electron chi connectivity index (χ1n) is 12.3. The second-order valence-corrected chi connectivity index (χ2v) is 8.83. The second kappa shape index (κ2) is 11.7. The molecule has 2 heterocycles. The molecule has 0 spiro atoms. The first kappa shape index (κ1) is 24.6. The van der Waals surface area contributed by atoms with Crippen LogP contribution in [0.25, 0.3) is 11.0 Å². The van der Waals surface area contributed by atoms with E-state index in [-0.39, 0.29) is 11.8 Å². The highest BCUT2D eigenvalue weighted by Gasteiger charge is 2.20. The lowest BCUT2D eigenvalue weighted by Gasteiger charge is -2.17. The quantitative estimate of drug-likeness (QED) is 0.424. The Balaban J connectivity index is 1.28. The third-order valence-electron chi connectivity index (χ3n) is 6.49. The number of hydrogen-bond donors (Lipinski definition) is 1. The van der Waals surface area contributed by atoms with Crippen LogP contribution in [0.2, 0.25) is 0 Å². The predicted octanol–water partition coefficient (Wildman–Crippen LogP) is 3.82. The van der Waals surface area contributed by atoms with Gasteiger partial charge < -0.3 is 24.3 Å². The van der Waals surface area contributed by atoms with Crippen molar-refractivity contribution in [2.24, 2.45) is 0 Å². The molecular weight excluding hydrogens is 444 g/mol. The Kier molecular flexibility index (Phi) is 8.23. The monoisotopic (exact) mass is 478 g/mol. The molecule has 186 valence electrons. The van der Waals surface area contributed by atoms with Crippen LogP contribution in [0.5, 0.6) is 11.5 Å². The lowest BCUT2D eigenvalue weighted by molar-refractivity contribution is -0.130. The van der Waals surface area contributed by atoms with Crippen molar-refractivity contribution >= 4 is 22.8 Å². The normalized spacial score (nSPS) is 13.3. The highest BCUT2D eigenvalue weighted by molar-refractivity contribution is 5.94. The number of benzene rings is 2. The van der Waals surface area contributed by atoms with Crippen molar-refractivity contribution < 1.29 is 19.1 Å². The molecule has 0 unspecified atom stereocenters. The molecule has 0 atom stereocenters. The van der Waals surface area contributed by atoms with E-state index in [1.807, 2.05) is 29.2 Å². The number of unbranched alkanes of at least 4 members (excludes halogenated alkanes) is 2. The van der Waals surface area contributed by atoms with Gasteiger partial charge in [0, 0.05) is 31.6 Å². The fourth-order valence-corrected chi connectivity index (χ4v) is 4.56. The van der Waals surface area contributed by atoms with E-state index >= 15 is 0 Å². The fourth-order valence-electron chi connectivity index (χ4n) is 4.56. The third kappa shape index (κ3) is 5.93. The zero-order chi connectivity index (χ0) is 24.6. The van der Waals surface area contributed by atoms with Gasteiger partial charge in [-0.2, -0.15) is 0 Å². The van der Waals surface area contributed by atoms with Gasteiger partial charge in [0.1, 0.15) is 12.4 Å². The average Bonchev–Trinajstić information content (AvgIpc) is 3.54. The number of rotatable bonds is 11. The molecule has 1 aliphatic rings. The van der Waals surface area contributed by atoms with E-state index in [9.17, 15) is 9.59 Å². The van der Waals surface area contributed by atoms with E-state index in [1.165, 1.54) is 0 Å². The van der Waals surface area contributed by atoms with Crippen molar-refractivity contribution in [3.05, 3.63) is 53.9 Å². The Morgan fingerprint density at radius 3 is 2.51 bits per heavy atom. The smallest absolute Gasteiger partial charge is 0.251 e. The van der Waals surface area contributed by atoms with Crippen LogP contribution in [-0.2, 0) is 17.8 Å². The molecule has 2 aromatic carbocycles. The van der Waals surface area contributed by atoms with Gasteiger partial charge in [-0.05, 0) is 56.0 Å². The maximum Gasteiger partial charge on any atom is 0.251 e. The van der Waals surface area contributed by atoms with Crippen molar-refractivity contribution in [3.8, 4) is 11.5 Å². The lowest BCUT2D eigenvalue weighted by atomic mass is 10.1. The van der Waals surface area contributed by atoms with Crippen molar-refractivity contribution in [1.29, 1.82) is 0 Å². The molecule has 1 fully saturated rings. The Labute approximate surface area is 206 Å². The number of aryl methyl sites for hydroxylation is 1. The number of para-hydroxylation sites is 2. The molecule has 1 saturated heterocycles. The molecule has 8 heteroatoms. The molecule has 0 aliphatic carbocycles. The van der Waals surface area contributed by atoms with Gasteiger partial charge in [0.25, 0.3) is 5.91 Å². The minimum absolute atomic E-state index is 0.131. The van der Waals surface area contributed by atoms with Gasteiger partial charge in [-0.3, -0.25) is 9.59 Å². The lowest BCUT2D eigenvalue weighted by Crippen LogP contribution is -2.31. The van der Waals surface area contributed by atoms with Crippen molar-refractivity contribution in [3.63, 3.8) is 0 Å². The highest BCUT2D eigenvalue weighted by atomic mass is 16.5. The Hall–Kier alpha value is -3.55. The Bertz CT molecular complexity index is 1170. The summed E-state index contributed by atoms with van der Waals surface area (Å²) in [4.78, 5) is 32.0. The maximum atomic E-state index is 12.8. The van der Waals surface area contributed by atoms with Crippen LogP contribution < -0.4 is 14.8 Å². The van der Waals surface area contributed by atoms with E-state index in [4.69, 9.17) is 14.5 Å². The predicted molar refractivity (Wildman–Crippen MR) is 135 cm³/mol. The molecule has 1 aromatic heterocycles. The van der Waals surface area contributed by atoms with Gasteiger partial charge in [0.05, 0.1) is 25.3 Å². The molecule has 0 saturated carbocycles. The van der Waals surface area contributed by atoms with Crippen molar-refractivity contribution in [2.75, 3.05) is 33.9 Å². The van der Waals surface area contributed by atoms with Gasteiger partial charge >= 0.3 is 0 Å². The van der Waals surface area contributed by atoms with Crippen LogP contribution >= 0.6 is 0 Å². The molecular formula is C27H34N4O4. The number of likely N-dealkylation sites (tertiary alicyclic amines) is 1. The number of fused-ring (bicyclic) bond motifs is 1. The molecule has 35 heavy (non-hydrogen) atoms. The standard InChI is InChI=1S/C27H34N4O4/c1-34-23-14-13-20(18-24(23)35-2)27(33)28-15-7-3-4-12-25-29-21-10-5-6-11-22(21)31(25)19-26(32)30-16-8-9-17-30/h5-6,10-11,13-14,18H,3-4,7-9,12,15-17,19H2,1-2H3,(H,28,33). The van der Waals surface area contributed by atoms with Crippen molar-refractivity contribution in [2.45, 2.75) is 45.1 Å². The first-order chi connectivity index (χ1) is 17.1. The molecule has 2 amide bonds. The number of imidazole rings is 1.